The lowest BCUT2D eigenvalue weighted by Crippen LogP contribution is -2.11. The maximum Gasteiger partial charge on any atom is 0.0490 e. The van der Waals surface area contributed by atoms with Crippen LogP contribution in [0.2, 0.25) is 0 Å². The van der Waals surface area contributed by atoms with Gasteiger partial charge in [0, 0.05) is 34.1 Å². The molecule has 296 valence electrons. The first-order valence-corrected chi connectivity index (χ1v) is 21.1. The summed E-state index contributed by atoms with van der Waals surface area (Å²) in [6.45, 7) is 13.0. The third kappa shape index (κ3) is 9.35. The highest BCUT2D eigenvalue weighted by Gasteiger charge is 2.16. The van der Waals surface area contributed by atoms with E-state index in [4.69, 9.17) is 0 Å². The molecule has 0 fully saturated rings. The molecule has 0 saturated heterocycles. The van der Waals surface area contributed by atoms with Crippen LogP contribution in [0.5, 0.6) is 0 Å². The number of benzene rings is 8. The number of hydrogen-bond acceptors (Lipinski definition) is 2. The Kier molecular flexibility index (Phi) is 11.9. The minimum Gasteiger partial charge on any atom is -0.310 e. The Morgan fingerprint density at radius 2 is 0.617 bits per heavy atom. The first-order chi connectivity index (χ1) is 29.2. The lowest BCUT2D eigenvalue weighted by molar-refractivity contribution is 0.960. The van der Waals surface area contributed by atoms with Crippen LogP contribution in [-0.2, 0) is 12.8 Å². The first kappa shape index (κ1) is 39.9. The third-order valence-corrected chi connectivity index (χ3v) is 11.5. The molecule has 0 heterocycles. The molecule has 0 atom stereocenters. The standard InChI is InChI=1S/C58H54N2/c1-41-7-29-53(30-8-41)59(57-37-11-43(3)39-45(57)5)55-33-21-49(22-34-55)15-13-47-17-25-51(26-18-47)52-27-19-48(20-28-52)14-16-50-23-35-56(36-24-50)60(54-31-9-42(2)10-32-54)58-38-12-44(4)40-46(58)6/h7-13,15,17-40H,14,16H2,1-6H3. The molecule has 8 aromatic rings. The Bertz CT molecular complexity index is 2700. The summed E-state index contributed by atoms with van der Waals surface area (Å²) >= 11 is 0. The number of rotatable bonds is 12. The molecule has 2 nitrogen and oxygen atoms in total. The second-order valence-electron chi connectivity index (χ2n) is 16.3. The maximum absolute atomic E-state index is 2.37. The van der Waals surface area contributed by atoms with Crippen molar-refractivity contribution in [3.63, 3.8) is 0 Å². The molecule has 2 heteroatoms. The predicted molar refractivity (Wildman–Crippen MR) is 259 cm³/mol. The van der Waals surface area contributed by atoms with Gasteiger partial charge in [-0.3, -0.25) is 0 Å². The molecule has 60 heavy (non-hydrogen) atoms. The highest BCUT2D eigenvalue weighted by atomic mass is 15.1. The first-order valence-electron chi connectivity index (χ1n) is 21.1. The summed E-state index contributed by atoms with van der Waals surface area (Å²) < 4.78 is 0. The predicted octanol–water partition coefficient (Wildman–Crippen LogP) is 16.1. The summed E-state index contributed by atoms with van der Waals surface area (Å²) in [5, 5.41) is 0. The molecule has 0 aliphatic heterocycles. The van der Waals surface area contributed by atoms with Crippen LogP contribution in [0, 0.1) is 41.5 Å². The average molecular weight is 779 g/mol. The SMILES string of the molecule is Cc1ccc(N(c2ccc(C=Cc3ccc(-c4ccc(CCc5ccc(N(c6ccc(C)cc6)c6ccc(C)cc6C)cc5)cc4)cc3)cc2)c2ccc(C)cc2C)cc1. The topological polar surface area (TPSA) is 6.48 Å². The largest absolute Gasteiger partial charge is 0.310 e. The normalized spacial score (nSPS) is 11.2. The maximum atomic E-state index is 2.37. The highest BCUT2D eigenvalue weighted by Crippen LogP contribution is 2.39. The molecule has 0 aliphatic carbocycles. The second kappa shape index (κ2) is 17.9. The fraction of sp³-hybridized carbons (Fsp3) is 0.138. The van der Waals surface area contributed by atoms with Gasteiger partial charge in [-0.2, -0.15) is 0 Å². The molecule has 0 bridgehead atoms. The van der Waals surface area contributed by atoms with Gasteiger partial charge in [0.05, 0.1) is 0 Å². The quantitative estimate of drug-likeness (QED) is 0.114. The van der Waals surface area contributed by atoms with E-state index in [0.717, 1.165) is 24.2 Å². The zero-order valence-corrected chi connectivity index (χ0v) is 35.8. The molecule has 0 unspecified atom stereocenters. The second-order valence-corrected chi connectivity index (χ2v) is 16.3. The molecule has 0 radical (unpaired) electrons. The highest BCUT2D eigenvalue weighted by molar-refractivity contribution is 5.81. The fourth-order valence-electron chi connectivity index (χ4n) is 8.03. The third-order valence-electron chi connectivity index (χ3n) is 11.5. The molecule has 8 aromatic carbocycles. The van der Waals surface area contributed by atoms with E-state index >= 15 is 0 Å². The van der Waals surface area contributed by atoms with Gasteiger partial charge in [-0.1, -0.05) is 156 Å². The van der Waals surface area contributed by atoms with Crippen molar-refractivity contribution in [3.05, 3.63) is 238 Å². The molecule has 0 aromatic heterocycles. The number of hydrogen-bond donors (Lipinski definition) is 0. The monoisotopic (exact) mass is 778 g/mol. The molecular weight excluding hydrogens is 725 g/mol. The Morgan fingerprint density at radius 3 is 1.00 bits per heavy atom. The summed E-state index contributed by atoms with van der Waals surface area (Å²) in [5.41, 5.74) is 22.1. The lowest BCUT2D eigenvalue weighted by Gasteiger charge is -2.27. The van der Waals surface area contributed by atoms with Crippen LogP contribution in [0.15, 0.2) is 182 Å². The van der Waals surface area contributed by atoms with Crippen LogP contribution < -0.4 is 9.80 Å². The minimum absolute atomic E-state index is 0.995. The Balaban J connectivity index is 0.896. The van der Waals surface area contributed by atoms with Gasteiger partial charge in [-0.05, 0) is 160 Å². The summed E-state index contributed by atoms with van der Waals surface area (Å²) in [4.78, 5) is 4.71. The van der Waals surface area contributed by atoms with Crippen molar-refractivity contribution < 1.29 is 0 Å². The number of aryl methyl sites for hydroxylation is 8. The van der Waals surface area contributed by atoms with Gasteiger partial charge in [0.2, 0.25) is 0 Å². The molecule has 0 spiro atoms. The van der Waals surface area contributed by atoms with Crippen molar-refractivity contribution in [1.82, 2.24) is 0 Å². The zero-order chi connectivity index (χ0) is 41.6. The van der Waals surface area contributed by atoms with E-state index in [9.17, 15) is 0 Å². The minimum atomic E-state index is 0.995. The molecule has 0 saturated carbocycles. The van der Waals surface area contributed by atoms with Crippen LogP contribution in [0.25, 0.3) is 23.3 Å². The Morgan fingerprint density at radius 1 is 0.317 bits per heavy atom. The van der Waals surface area contributed by atoms with E-state index in [0.29, 0.717) is 0 Å². The van der Waals surface area contributed by atoms with Gasteiger partial charge >= 0.3 is 0 Å². The Labute approximate surface area is 357 Å². The molecule has 8 rings (SSSR count). The van der Waals surface area contributed by atoms with Gasteiger partial charge in [-0.15, -0.1) is 0 Å². The fourth-order valence-corrected chi connectivity index (χ4v) is 8.03. The summed E-state index contributed by atoms with van der Waals surface area (Å²) in [6, 6.07) is 66.8. The number of anilines is 6. The van der Waals surface area contributed by atoms with Crippen LogP contribution >= 0.6 is 0 Å². The summed E-state index contributed by atoms with van der Waals surface area (Å²) in [5.74, 6) is 0. The van der Waals surface area contributed by atoms with Crippen molar-refractivity contribution >= 4 is 46.3 Å². The van der Waals surface area contributed by atoms with Gasteiger partial charge in [0.1, 0.15) is 0 Å². The zero-order valence-electron chi connectivity index (χ0n) is 35.8. The van der Waals surface area contributed by atoms with Crippen molar-refractivity contribution in [3.8, 4) is 11.1 Å². The van der Waals surface area contributed by atoms with E-state index in [1.54, 1.807) is 0 Å². The van der Waals surface area contributed by atoms with Gasteiger partial charge in [0.15, 0.2) is 0 Å². The van der Waals surface area contributed by atoms with Gasteiger partial charge in [-0.25, -0.2) is 0 Å². The lowest BCUT2D eigenvalue weighted by atomic mass is 9.99. The van der Waals surface area contributed by atoms with Crippen molar-refractivity contribution in [1.29, 1.82) is 0 Å². The number of nitrogens with zero attached hydrogens (tertiary/aromatic N) is 2. The van der Waals surface area contributed by atoms with Crippen LogP contribution in [0.4, 0.5) is 34.1 Å². The van der Waals surface area contributed by atoms with Gasteiger partial charge < -0.3 is 9.80 Å². The van der Waals surface area contributed by atoms with Crippen molar-refractivity contribution in [2.75, 3.05) is 9.80 Å². The van der Waals surface area contributed by atoms with E-state index < -0.39 is 0 Å². The van der Waals surface area contributed by atoms with E-state index in [2.05, 4.69) is 245 Å². The van der Waals surface area contributed by atoms with Crippen LogP contribution in [-0.4, -0.2) is 0 Å². The summed E-state index contributed by atoms with van der Waals surface area (Å²) in [7, 11) is 0. The van der Waals surface area contributed by atoms with E-state index in [1.807, 2.05) is 0 Å². The van der Waals surface area contributed by atoms with E-state index in [1.165, 1.54) is 89.5 Å². The molecular formula is C58H54N2. The molecule has 0 aliphatic rings. The van der Waals surface area contributed by atoms with E-state index in [-0.39, 0.29) is 0 Å². The van der Waals surface area contributed by atoms with Crippen molar-refractivity contribution in [2.24, 2.45) is 0 Å². The van der Waals surface area contributed by atoms with Crippen molar-refractivity contribution in [2.45, 2.75) is 54.4 Å². The average Bonchev–Trinajstić information content (AvgIpc) is 3.26. The smallest absolute Gasteiger partial charge is 0.0490 e. The molecule has 0 amide bonds. The van der Waals surface area contributed by atoms with Gasteiger partial charge in [0.25, 0.3) is 0 Å². The Hall–Kier alpha value is -6.90. The molecule has 0 N–H and O–H groups in total. The van der Waals surface area contributed by atoms with Crippen LogP contribution in [0.1, 0.15) is 55.6 Å². The van der Waals surface area contributed by atoms with Crippen LogP contribution in [0.3, 0.4) is 0 Å². The summed E-state index contributed by atoms with van der Waals surface area (Å²) in [6.07, 6.45) is 6.38.